The van der Waals surface area contributed by atoms with Gasteiger partial charge >= 0.3 is 0 Å². The van der Waals surface area contributed by atoms with Crippen LogP contribution >= 0.6 is 0 Å². The van der Waals surface area contributed by atoms with Crippen LogP contribution in [0, 0.1) is 30.1 Å². The highest BCUT2D eigenvalue weighted by Crippen LogP contribution is 2.32. The van der Waals surface area contributed by atoms with E-state index >= 15 is 0 Å². The number of benzene rings is 1. The number of aromatic hydroxyl groups is 1. The highest BCUT2D eigenvalue weighted by Gasteiger charge is 2.24. The van der Waals surface area contributed by atoms with Gasteiger partial charge in [0.2, 0.25) is 5.88 Å². The molecule has 0 radical (unpaired) electrons. The molecule has 1 aromatic carbocycles. The minimum atomic E-state index is -0.724. The van der Waals surface area contributed by atoms with Crippen LogP contribution in [0.4, 0.5) is 11.4 Å². The third kappa shape index (κ3) is 12.7. The number of nitrogens with one attached hydrogen (secondary N) is 1. The summed E-state index contributed by atoms with van der Waals surface area (Å²) in [4.78, 5) is 15.2. The molecule has 9 nitrogen and oxygen atoms in total. The third-order valence-corrected chi connectivity index (χ3v) is 9.36. The first-order valence-corrected chi connectivity index (χ1v) is 18.3. The quantitative estimate of drug-likeness (QED) is 0.0590. The van der Waals surface area contributed by atoms with Crippen LogP contribution < -0.4 is 11.0 Å². The number of unbranched alkanes of at least 4 members (excludes halogenated alkanes) is 7. The van der Waals surface area contributed by atoms with Crippen molar-refractivity contribution in [1.82, 2.24) is 9.58 Å². The molecule has 47 heavy (non-hydrogen) atoms. The molecule has 3 unspecified atom stereocenters. The van der Waals surface area contributed by atoms with E-state index in [0.29, 0.717) is 24.1 Å². The van der Waals surface area contributed by atoms with Gasteiger partial charge in [-0.25, -0.2) is 0 Å². The molecule has 262 valence electrons. The molecule has 0 bridgehead atoms. The number of aliphatic hydroxyl groups is 1. The van der Waals surface area contributed by atoms with E-state index in [-0.39, 0.29) is 22.7 Å². The fraction of sp³-hybridized carbons (Fsp3) is 0.684. The third-order valence-electron chi connectivity index (χ3n) is 9.36. The maximum absolute atomic E-state index is 12.9. The highest BCUT2D eigenvalue weighted by atomic mass is 16.3. The Morgan fingerprint density at radius 1 is 0.851 bits per heavy atom. The fourth-order valence-electron chi connectivity index (χ4n) is 6.06. The van der Waals surface area contributed by atoms with Crippen molar-refractivity contribution < 1.29 is 10.2 Å². The molecular formula is C38H62N6O3. The van der Waals surface area contributed by atoms with Crippen LogP contribution in [0.15, 0.2) is 39.3 Å². The Morgan fingerprint density at radius 2 is 1.40 bits per heavy atom. The Kier molecular flexibility index (Phi) is 19.0. The lowest BCUT2D eigenvalue weighted by atomic mass is 9.95. The predicted molar refractivity (Wildman–Crippen MR) is 193 cm³/mol. The summed E-state index contributed by atoms with van der Waals surface area (Å²) in [5.41, 5.74) is 3.97. The second-order valence-electron chi connectivity index (χ2n) is 13.1. The number of nitrogens with zero attached hydrogens (tertiary/aromatic N) is 5. The van der Waals surface area contributed by atoms with Crippen molar-refractivity contribution in [2.24, 2.45) is 22.1 Å². The lowest BCUT2D eigenvalue weighted by molar-refractivity contribution is -0.0204. The number of nitriles is 1. The Bertz CT molecular complexity index is 1280. The molecule has 0 aliphatic heterocycles. The number of pyridine rings is 1. The maximum Gasteiger partial charge on any atom is 0.290 e. The summed E-state index contributed by atoms with van der Waals surface area (Å²) < 4.78 is 1.01. The van der Waals surface area contributed by atoms with Gasteiger partial charge < -0.3 is 15.6 Å². The zero-order chi connectivity index (χ0) is 34.6. The van der Waals surface area contributed by atoms with Gasteiger partial charge in [-0.3, -0.25) is 9.69 Å². The minimum Gasteiger partial charge on any atom is -0.492 e. The van der Waals surface area contributed by atoms with Crippen LogP contribution in [0.5, 0.6) is 5.88 Å². The number of hydrogen-bond donors (Lipinski definition) is 3. The number of azo groups is 1. The number of aliphatic hydroxyl groups excluding tert-OH is 1. The molecule has 0 aliphatic rings. The van der Waals surface area contributed by atoms with E-state index < -0.39 is 11.8 Å². The Labute approximate surface area is 284 Å². The van der Waals surface area contributed by atoms with Gasteiger partial charge in [0.05, 0.1) is 5.69 Å². The second kappa shape index (κ2) is 22.4. The Morgan fingerprint density at radius 3 is 1.94 bits per heavy atom. The summed E-state index contributed by atoms with van der Waals surface area (Å²) in [6.07, 6.45) is 15.1. The summed E-state index contributed by atoms with van der Waals surface area (Å²) in [5, 5.41) is 40.9. The molecule has 0 spiro atoms. The van der Waals surface area contributed by atoms with Gasteiger partial charge in [-0.1, -0.05) is 117 Å². The highest BCUT2D eigenvalue weighted by molar-refractivity contribution is 5.59. The first-order valence-electron chi connectivity index (χ1n) is 18.3. The van der Waals surface area contributed by atoms with E-state index in [1.54, 1.807) is 19.1 Å². The van der Waals surface area contributed by atoms with Crippen molar-refractivity contribution in [3.05, 3.63) is 51.3 Å². The van der Waals surface area contributed by atoms with Crippen molar-refractivity contribution in [2.75, 3.05) is 25.1 Å². The zero-order valence-corrected chi connectivity index (χ0v) is 30.1. The van der Waals surface area contributed by atoms with Crippen molar-refractivity contribution in [2.45, 2.75) is 138 Å². The van der Waals surface area contributed by atoms with Gasteiger partial charge in [-0.2, -0.15) is 15.1 Å². The fourth-order valence-corrected chi connectivity index (χ4v) is 6.06. The SMILES string of the molecule is CCCCCCCCNn1c(O)c(/N=N/c2ccc(C(O)N(CC(CC)CCCC)CC(CC)CCCC)cc2)c(C)c(C#N)c1=O. The van der Waals surface area contributed by atoms with Crippen LogP contribution in [-0.2, 0) is 0 Å². The van der Waals surface area contributed by atoms with E-state index in [1.807, 2.05) is 18.2 Å². The molecule has 0 saturated heterocycles. The maximum atomic E-state index is 12.9. The molecule has 1 aromatic heterocycles. The first kappa shape index (κ1) is 40.0. The van der Waals surface area contributed by atoms with Crippen LogP contribution in [0.3, 0.4) is 0 Å². The van der Waals surface area contributed by atoms with Gasteiger partial charge in [0.1, 0.15) is 17.9 Å². The van der Waals surface area contributed by atoms with E-state index in [1.165, 1.54) is 57.8 Å². The van der Waals surface area contributed by atoms with Gasteiger partial charge in [0.15, 0.2) is 5.69 Å². The number of hydrogen-bond acceptors (Lipinski definition) is 8. The minimum absolute atomic E-state index is 0.0715. The molecule has 9 heteroatoms. The molecule has 1 heterocycles. The smallest absolute Gasteiger partial charge is 0.290 e. The summed E-state index contributed by atoms with van der Waals surface area (Å²) in [5.74, 6) is 0.712. The molecule has 0 saturated carbocycles. The molecule has 2 aromatic rings. The summed E-state index contributed by atoms with van der Waals surface area (Å²) >= 11 is 0. The van der Waals surface area contributed by atoms with E-state index in [9.17, 15) is 20.3 Å². The number of rotatable bonds is 24. The van der Waals surface area contributed by atoms with Gasteiger partial charge in [-0.05, 0) is 55.7 Å². The molecular weight excluding hydrogens is 588 g/mol. The van der Waals surface area contributed by atoms with Crippen molar-refractivity contribution >= 4 is 11.4 Å². The Balaban J connectivity index is 2.26. The first-order chi connectivity index (χ1) is 22.8. The van der Waals surface area contributed by atoms with E-state index in [2.05, 4.69) is 55.2 Å². The van der Waals surface area contributed by atoms with Crippen molar-refractivity contribution in [3.63, 3.8) is 0 Å². The Hall–Kier alpha value is -3.22. The molecule has 0 fully saturated rings. The molecule has 2 rings (SSSR count). The molecule has 3 N–H and O–H groups in total. The lowest BCUT2D eigenvalue weighted by Gasteiger charge is -2.34. The predicted octanol–water partition coefficient (Wildman–Crippen LogP) is 9.78. The van der Waals surface area contributed by atoms with Crippen LogP contribution in [0.1, 0.15) is 147 Å². The van der Waals surface area contributed by atoms with Gasteiger partial charge in [-0.15, -0.1) is 5.11 Å². The standard InChI is InChI=1S/C38H62N6O3/c1-7-12-15-16-17-18-25-40-44-37(46)34(26-39)29(6)35(38(44)47)42-41-33-23-21-32(22-24-33)36(45)43(27-30(10-4)19-13-8-2)28-31(11-5)20-14-9-3/h21-24,30-31,36,40,45,47H,7-20,25,27-28H2,1-6H3/b42-41+. The number of aromatic nitrogens is 1. The monoisotopic (exact) mass is 650 g/mol. The van der Waals surface area contributed by atoms with Crippen LogP contribution in [0.25, 0.3) is 0 Å². The van der Waals surface area contributed by atoms with Crippen molar-refractivity contribution in [1.29, 1.82) is 5.26 Å². The van der Waals surface area contributed by atoms with E-state index in [0.717, 1.165) is 55.4 Å². The average Bonchev–Trinajstić information content (AvgIpc) is 3.08. The van der Waals surface area contributed by atoms with E-state index in [4.69, 9.17) is 0 Å². The van der Waals surface area contributed by atoms with Crippen LogP contribution in [-0.4, -0.2) is 39.4 Å². The average molecular weight is 651 g/mol. The normalized spacial score (nSPS) is 13.6. The summed E-state index contributed by atoms with van der Waals surface area (Å²) in [6, 6.07) is 9.32. The lowest BCUT2D eigenvalue weighted by Crippen LogP contribution is -2.37. The molecule has 0 amide bonds. The molecule has 3 atom stereocenters. The van der Waals surface area contributed by atoms with Gasteiger partial charge in [0.25, 0.3) is 5.56 Å². The summed E-state index contributed by atoms with van der Waals surface area (Å²) in [7, 11) is 0. The summed E-state index contributed by atoms with van der Waals surface area (Å²) in [6.45, 7) is 14.9. The topological polar surface area (TPSA) is 126 Å². The molecule has 0 aliphatic carbocycles. The van der Waals surface area contributed by atoms with Crippen molar-refractivity contribution in [3.8, 4) is 11.9 Å². The second-order valence-corrected chi connectivity index (χ2v) is 13.1. The van der Waals surface area contributed by atoms with Gasteiger partial charge in [0, 0.05) is 25.2 Å². The van der Waals surface area contributed by atoms with Crippen LogP contribution in [0.2, 0.25) is 0 Å². The zero-order valence-electron chi connectivity index (χ0n) is 30.1. The largest absolute Gasteiger partial charge is 0.492 e.